The normalized spacial score (nSPS) is 18.2. The number of carbonyl (C=O) groups is 2. The lowest BCUT2D eigenvalue weighted by atomic mass is 10.2. The summed E-state index contributed by atoms with van der Waals surface area (Å²) >= 11 is 6.61. The Morgan fingerprint density at radius 3 is 2.65 bits per heavy atom. The summed E-state index contributed by atoms with van der Waals surface area (Å²) < 4.78 is 11.0. The molecule has 0 spiro atoms. The van der Waals surface area contributed by atoms with Gasteiger partial charge in [-0.05, 0) is 36.7 Å². The zero-order valence-electron chi connectivity index (χ0n) is 17.5. The predicted molar refractivity (Wildman–Crippen MR) is 130 cm³/mol. The second kappa shape index (κ2) is 13.0. The van der Waals surface area contributed by atoms with Crippen LogP contribution in [0.25, 0.3) is 6.08 Å². The molecule has 170 valence electrons. The molecule has 2 fully saturated rings. The van der Waals surface area contributed by atoms with Gasteiger partial charge in [0.15, 0.2) is 0 Å². The van der Waals surface area contributed by atoms with Gasteiger partial charge in [-0.2, -0.15) is 0 Å². The van der Waals surface area contributed by atoms with Crippen molar-refractivity contribution < 1.29 is 19.1 Å². The number of thioether (sulfide) groups is 1. The first-order valence-corrected chi connectivity index (χ1v) is 11.3. The van der Waals surface area contributed by atoms with Gasteiger partial charge in [-0.15, -0.1) is 12.4 Å². The highest BCUT2D eigenvalue weighted by molar-refractivity contribution is 8.26. The smallest absolute Gasteiger partial charge is 0.266 e. The lowest BCUT2D eigenvalue weighted by Gasteiger charge is -2.26. The molecule has 7 nitrogen and oxygen atoms in total. The number of carbonyl (C=O) groups excluding carboxylic acids is 2. The molecule has 2 saturated heterocycles. The van der Waals surface area contributed by atoms with Gasteiger partial charge in [-0.1, -0.05) is 36.1 Å². The van der Waals surface area contributed by atoms with Crippen LogP contribution in [-0.2, 0) is 14.3 Å². The lowest BCUT2D eigenvalue weighted by molar-refractivity contribution is -0.123. The Morgan fingerprint density at radius 1 is 1.26 bits per heavy atom. The number of thiocarbonyl (C=S) groups is 1. The van der Waals surface area contributed by atoms with Gasteiger partial charge >= 0.3 is 0 Å². The summed E-state index contributed by atoms with van der Waals surface area (Å²) in [4.78, 5) is 29.2. The van der Waals surface area contributed by atoms with Gasteiger partial charge in [0.1, 0.15) is 10.1 Å². The second-order valence-corrected chi connectivity index (χ2v) is 8.69. The first-order chi connectivity index (χ1) is 14.6. The van der Waals surface area contributed by atoms with E-state index in [2.05, 4.69) is 10.2 Å². The zero-order valence-corrected chi connectivity index (χ0v) is 20.0. The number of hydrogen-bond acceptors (Lipinski definition) is 7. The quantitative estimate of drug-likeness (QED) is 0.327. The molecule has 0 aliphatic carbocycles. The van der Waals surface area contributed by atoms with E-state index in [1.807, 2.05) is 30.3 Å². The van der Waals surface area contributed by atoms with Crippen molar-refractivity contribution in [2.24, 2.45) is 0 Å². The maximum absolute atomic E-state index is 12.7. The second-order valence-electron chi connectivity index (χ2n) is 7.01. The number of rotatable bonds is 9. The van der Waals surface area contributed by atoms with E-state index in [1.54, 1.807) is 7.11 Å². The van der Waals surface area contributed by atoms with Gasteiger partial charge in [0.2, 0.25) is 5.91 Å². The highest BCUT2D eigenvalue weighted by Crippen LogP contribution is 2.32. The number of hydrogen-bond donors (Lipinski definition) is 1. The van der Waals surface area contributed by atoms with Crippen LogP contribution < -0.4 is 10.1 Å². The van der Waals surface area contributed by atoms with E-state index >= 15 is 0 Å². The van der Waals surface area contributed by atoms with Crippen molar-refractivity contribution in [2.45, 2.75) is 12.8 Å². The van der Waals surface area contributed by atoms with Gasteiger partial charge in [0.25, 0.3) is 5.91 Å². The Bertz CT molecular complexity index is 798. The third kappa shape index (κ3) is 7.76. The molecule has 0 radical (unpaired) electrons. The summed E-state index contributed by atoms with van der Waals surface area (Å²) in [6.07, 6.45) is 2.95. The SMILES string of the molecule is COc1ccc(C=C2SC(=S)N(CCC(=O)NCCCN3CCOCC3)C2=O)cc1.Cl. The summed E-state index contributed by atoms with van der Waals surface area (Å²) in [5, 5.41) is 2.93. The molecule has 0 aromatic heterocycles. The highest BCUT2D eigenvalue weighted by Gasteiger charge is 2.32. The summed E-state index contributed by atoms with van der Waals surface area (Å²) in [5.74, 6) is 0.543. The monoisotopic (exact) mass is 485 g/mol. The minimum atomic E-state index is -0.152. The topological polar surface area (TPSA) is 71.1 Å². The van der Waals surface area contributed by atoms with Crippen LogP contribution in [0.15, 0.2) is 29.2 Å². The Kier molecular flexibility index (Phi) is 10.8. The molecule has 2 heterocycles. The van der Waals surface area contributed by atoms with E-state index in [9.17, 15) is 9.59 Å². The Labute approximate surface area is 198 Å². The standard InChI is InChI=1S/C21H27N3O4S2.ClH/c1-27-17-5-3-16(4-6-17)15-18-20(26)24(21(29)30-18)10-7-19(25)22-8-2-9-23-11-13-28-14-12-23;/h3-6,15H,2,7-14H2,1H3,(H,22,25);1H. The molecule has 3 rings (SSSR count). The number of halogens is 1. The van der Waals surface area contributed by atoms with Crippen molar-refractivity contribution >= 4 is 58.6 Å². The number of nitrogens with one attached hydrogen (secondary N) is 1. The Balaban J connectivity index is 0.00000341. The molecule has 0 unspecified atom stereocenters. The van der Waals surface area contributed by atoms with E-state index < -0.39 is 0 Å². The fraction of sp³-hybridized carbons (Fsp3) is 0.476. The van der Waals surface area contributed by atoms with Crippen LogP contribution in [-0.4, -0.2) is 79.0 Å². The minimum Gasteiger partial charge on any atom is -0.497 e. The lowest BCUT2D eigenvalue weighted by Crippen LogP contribution is -2.38. The number of morpholine rings is 1. The van der Waals surface area contributed by atoms with Crippen LogP contribution in [0.5, 0.6) is 5.75 Å². The predicted octanol–water partition coefficient (Wildman–Crippen LogP) is 2.55. The molecular formula is C21H28ClN3O4S2. The van der Waals surface area contributed by atoms with Gasteiger partial charge in [0, 0.05) is 32.6 Å². The average molecular weight is 486 g/mol. The maximum Gasteiger partial charge on any atom is 0.266 e. The molecule has 1 aromatic carbocycles. The van der Waals surface area contributed by atoms with Crippen LogP contribution >= 0.6 is 36.4 Å². The molecular weight excluding hydrogens is 458 g/mol. The summed E-state index contributed by atoms with van der Waals surface area (Å²) in [6.45, 7) is 5.34. The van der Waals surface area contributed by atoms with Crippen LogP contribution in [0.2, 0.25) is 0 Å². The van der Waals surface area contributed by atoms with Crippen LogP contribution in [0.3, 0.4) is 0 Å². The highest BCUT2D eigenvalue weighted by atomic mass is 35.5. The van der Waals surface area contributed by atoms with Gasteiger partial charge in [-0.3, -0.25) is 19.4 Å². The van der Waals surface area contributed by atoms with E-state index in [0.29, 0.717) is 22.3 Å². The molecule has 1 aromatic rings. The molecule has 31 heavy (non-hydrogen) atoms. The molecule has 0 atom stereocenters. The molecule has 2 aliphatic heterocycles. The van der Waals surface area contributed by atoms with Crippen molar-refractivity contribution in [2.75, 3.05) is 53.0 Å². The Hall–Kier alpha value is -1.65. The van der Waals surface area contributed by atoms with Gasteiger partial charge < -0.3 is 14.8 Å². The fourth-order valence-corrected chi connectivity index (χ4v) is 4.51. The van der Waals surface area contributed by atoms with Crippen molar-refractivity contribution in [3.8, 4) is 5.75 Å². The summed E-state index contributed by atoms with van der Waals surface area (Å²) in [5.41, 5.74) is 0.898. The van der Waals surface area contributed by atoms with Crippen molar-refractivity contribution in [3.63, 3.8) is 0 Å². The zero-order chi connectivity index (χ0) is 21.3. The van der Waals surface area contributed by atoms with Crippen LogP contribution in [0.4, 0.5) is 0 Å². The number of benzene rings is 1. The number of ether oxygens (including phenoxy) is 2. The van der Waals surface area contributed by atoms with E-state index in [1.165, 1.54) is 16.7 Å². The van der Waals surface area contributed by atoms with E-state index in [4.69, 9.17) is 21.7 Å². The number of amides is 2. The van der Waals surface area contributed by atoms with Crippen LogP contribution in [0, 0.1) is 0 Å². The summed E-state index contributed by atoms with van der Waals surface area (Å²) in [7, 11) is 1.61. The molecule has 10 heteroatoms. The number of methoxy groups -OCH3 is 1. The molecule has 2 aliphatic rings. The molecule has 0 bridgehead atoms. The minimum absolute atomic E-state index is 0. The van der Waals surface area contributed by atoms with Crippen molar-refractivity contribution in [3.05, 3.63) is 34.7 Å². The van der Waals surface area contributed by atoms with Crippen molar-refractivity contribution in [1.82, 2.24) is 15.1 Å². The fourth-order valence-electron chi connectivity index (χ4n) is 3.20. The van der Waals surface area contributed by atoms with Crippen molar-refractivity contribution in [1.29, 1.82) is 0 Å². The largest absolute Gasteiger partial charge is 0.497 e. The molecule has 1 N–H and O–H groups in total. The first kappa shape index (κ1) is 25.6. The Morgan fingerprint density at radius 2 is 1.97 bits per heavy atom. The van der Waals surface area contributed by atoms with E-state index in [0.717, 1.165) is 50.6 Å². The van der Waals surface area contributed by atoms with Crippen LogP contribution in [0.1, 0.15) is 18.4 Å². The van der Waals surface area contributed by atoms with E-state index in [-0.39, 0.29) is 30.6 Å². The maximum atomic E-state index is 12.7. The average Bonchev–Trinajstić information content (AvgIpc) is 3.03. The van der Waals surface area contributed by atoms with Gasteiger partial charge in [0.05, 0.1) is 25.2 Å². The number of nitrogens with zero attached hydrogens (tertiary/aromatic N) is 2. The third-order valence-corrected chi connectivity index (χ3v) is 6.30. The van der Waals surface area contributed by atoms with Gasteiger partial charge in [-0.25, -0.2) is 0 Å². The first-order valence-electron chi connectivity index (χ1n) is 10.0. The third-order valence-electron chi connectivity index (χ3n) is 4.93. The summed E-state index contributed by atoms with van der Waals surface area (Å²) in [6, 6.07) is 7.46. The molecule has 2 amide bonds. The molecule has 0 saturated carbocycles.